The van der Waals surface area contributed by atoms with Crippen molar-refractivity contribution in [1.82, 2.24) is 4.90 Å². The van der Waals surface area contributed by atoms with Gasteiger partial charge in [0.2, 0.25) is 0 Å². The predicted octanol–water partition coefficient (Wildman–Crippen LogP) is 7.24. The van der Waals surface area contributed by atoms with E-state index in [1.54, 1.807) is 36.0 Å². The number of carboxylic acids is 1. The van der Waals surface area contributed by atoms with Crippen LogP contribution in [0.25, 0.3) is 0 Å². The number of hydrogen-bond donors (Lipinski definition) is 1. The minimum Gasteiger partial charge on any atom is -0.478 e. The van der Waals surface area contributed by atoms with Crippen LogP contribution in [0.3, 0.4) is 0 Å². The lowest BCUT2D eigenvalue weighted by Crippen LogP contribution is -2.35. The Hall–Kier alpha value is -3.41. The Morgan fingerprint density at radius 1 is 0.921 bits per heavy atom. The van der Waals surface area contributed by atoms with Crippen molar-refractivity contribution in [2.75, 3.05) is 26.4 Å². The van der Waals surface area contributed by atoms with Gasteiger partial charge < -0.3 is 10.0 Å². The number of carboxylic acid groups (broad SMARTS) is 1. The molecule has 0 bridgehead atoms. The van der Waals surface area contributed by atoms with Crippen LogP contribution < -0.4 is 0 Å². The Morgan fingerprint density at radius 3 is 2.34 bits per heavy atom. The molecule has 194 valence electrons. The molecule has 2 atom stereocenters. The highest BCUT2D eigenvalue weighted by molar-refractivity contribution is 7.99. The van der Waals surface area contributed by atoms with Gasteiger partial charge in [0.25, 0.3) is 0 Å². The van der Waals surface area contributed by atoms with E-state index in [4.69, 9.17) is 0 Å². The van der Waals surface area contributed by atoms with Crippen molar-refractivity contribution >= 4 is 17.7 Å². The van der Waals surface area contributed by atoms with E-state index >= 15 is 4.39 Å². The van der Waals surface area contributed by atoms with Gasteiger partial charge in [-0.25, -0.2) is 9.18 Å². The monoisotopic (exact) mass is 525 g/mol. The van der Waals surface area contributed by atoms with E-state index in [9.17, 15) is 9.90 Å². The number of rotatable bonds is 8. The summed E-state index contributed by atoms with van der Waals surface area (Å²) in [7, 11) is 4.14. The number of hydrogen-bond acceptors (Lipinski definition) is 3. The van der Waals surface area contributed by atoms with E-state index in [0.29, 0.717) is 11.3 Å². The lowest BCUT2D eigenvalue weighted by atomic mass is 9.67. The predicted molar refractivity (Wildman–Crippen MR) is 153 cm³/mol. The van der Waals surface area contributed by atoms with Crippen molar-refractivity contribution in [1.29, 1.82) is 0 Å². The van der Waals surface area contributed by atoms with Gasteiger partial charge in [0.15, 0.2) is 0 Å². The second-order valence-corrected chi connectivity index (χ2v) is 11.3. The number of thioether (sulfide) groups is 1. The molecule has 38 heavy (non-hydrogen) atoms. The topological polar surface area (TPSA) is 40.5 Å². The Balaban J connectivity index is 1.84. The highest BCUT2D eigenvalue weighted by Gasteiger charge is 2.45. The molecule has 0 radical (unpaired) electrons. The normalized spacial score (nSPS) is 18.5. The summed E-state index contributed by atoms with van der Waals surface area (Å²) in [4.78, 5) is 15.9. The van der Waals surface area contributed by atoms with Gasteiger partial charge in [0.05, 0.1) is 11.0 Å². The fourth-order valence-electron chi connectivity index (χ4n) is 5.83. The summed E-state index contributed by atoms with van der Waals surface area (Å²) in [5.74, 6) is -0.575. The number of benzene rings is 4. The SMILES string of the molecule is CN(C)CCC1Cc2ccccc2C(CSc2ccccc2)(c2ccccc2C(=O)O)c2cc(F)ccc21. The minimum absolute atomic E-state index is 0.176. The highest BCUT2D eigenvalue weighted by atomic mass is 32.2. The molecular formula is C33H32FNO2S. The van der Waals surface area contributed by atoms with E-state index in [1.165, 1.54) is 5.56 Å². The van der Waals surface area contributed by atoms with Crippen molar-refractivity contribution in [2.45, 2.75) is 29.1 Å². The van der Waals surface area contributed by atoms with Gasteiger partial charge in [0.1, 0.15) is 5.82 Å². The number of aromatic carboxylic acids is 1. The van der Waals surface area contributed by atoms with Gasteiger partial charge in [-0.1, -0.05) is 66.7 Å². The third-order valence-electron chi connectivity index (χ3n) is 7.60. The molecule has 4 aromatic rings. The summed E-state index contributed by atoms with van der Waals surface area (Å²) in [5.41, 5.74) is 4.28. The van der Waals surface area contributed by atoms with Crippen LogP contribution in [-0.4, -0.2) is 42.4 Å². The van der Waals surface area contributed by atoms with Gasteiger partial charge in [-0.15, -0.1) is 11.8 Å². The third kappa shape index (κ3) is 5.01. The molecule has 0 fully saturated rings. The summed E-state index contributed by atoms with van der Waals surface area (Å²) in [5, 5.41) is 10.3. The first-order chi connectivity index (χ1) is 18.4. The molecule has 0 amide bonds. The molecule has 0 aliphatic heterocycles. The van der Waals surface area contributed by atoms with E-state index in [2.05, 4.69) is 49.3 Å². The molecule has 0 heterocycles. The quantitative estimate of drug-likeness (QED) is 0.246. The van der Waals surface area contributed by atoms with Gasteiger partial charge >= 0.3 is 5.97 Å². The molecule has 2 unspecified atom stereocenters. The van der Waals surface area contributed by atoms with Crippen LogP contribution in [0.4, 0.5) is 4.39 Å². The Kier molecular flexibility index (Phi) is 7.68. The Labute approximate surface area is 228 Å². The van der Waals surface area contributed by atoms with Crippen molar-refractivity contribution in [3.05, 3.63) is 136 Å². The lowest BCUT2D eigenvalue weighted by molar-refractivity contribution is 0.0695. The first kappa shape index (κ1) is 26.2. The Morgan fingerprint density at radius 2 is 1.61 bits per heavy atom. The summed E-state index contributed by atoms with van der Waals surface area (Å²) in [6.45, 7) is 0.904. The zero-order valence-corrected chi connectivity index (χ0v) is 22.5. The standard InChI is InChI=1S/C33H32FNO2S/c1-35(2)19-18-23-20-24-10-6-8-14-29(24)33(22-38-26-11-4-3-5-12-26,31-21-25(34)16-17-27(23)31)30-15-9-7-13-28(30)32(36)37/h3-17,21,23H,18-20,22H2,1-2H3,(H,36,37). The molecule has 1 aliphatic rings. The molecule has 0 spiro atoms. The largest absolute Gasteiger partial charge is 0.478 e. The van der Waals surface area contributed by atoms with Crippen LogP contribution in [0.15, 0.2) is 102 Å². The minimum atomic E-state index is -0.978. The molecular weight excluding hydrogens is 493 g/mol. The molecule has 0 saturated heterocycles. The first-order valence-electron chi connectivity index (χ1n) is 12.9. The summed E-state index contributed by atoms with van der Waals surface area (Å²) >= 11 is 1.68. The maximum atomic E-state index is 15.2. The molecule has 3 nitrogen and oxygen atoms in total. The zero-order valence-electron chi connectivity index (χ0n) is 21.7. The van der Waals surface area contributed by atoms with Crippen LogP contribution in [0.5, 0.6) is 0 Å². The molecule has 0 aromatic heterocycles. The molecule has 5 heteroatoms. The molecule has 4 aromatic carbocycles. The molecule has 1 N–H and O–H groups in total. The number of carbonyl (C=O) groups is 1. The van der Waals surface area contributed by atoms with E-state index in [1.807, 2.05) is 42.5 Å². The highest BCUT2D eigenvalue weighted by Crippen LogP contribution is 2.51. The summed E-state index contributed by atoms with van der Waals surface area (Å²) < 4.78 is 15.2. The van der Waals surface area contributed by atoms with Crippen LogP contribution >= 0.6 is 11.8 Å². The summed E-state index contributed by atoms with van der Waals surface area (Å²) in [6, 6.07) is 30.9. The fourth-order valence-corrected chi connectivity index (χ4v) is 7.03. The average Bonchev–Trinajstić information content (AvgIpc) is 3.04. The van der Waals surface area contributed by atoms with Crippen molar-refractivity contribution in [3.8, 4) is 0 Å². The maximum absolute atomic E-state index is 15.2. The van der Waals surface area contributed by atoms with Gasteiger partial charge in [-0.2, -0.15) is 0 Å². The van der Waals surface area contributed by atoms with Crippen LogP contribution in [0, 0.1) is 5.82 Å². The van der Waals surface area contributed by atoms with Crippen LogP contribution in [-0.2, 0) is 11.8 Å². The number of fused-ring (bicyclic) bond motifs is 2. The van der Waals surface area contributed by atoms with Crippen molar-refractivity contribution in [2.24, 2.45) is 0 Å². The summed E-state index contributed by atoms with van der Waals surface area (Å²) in [6.07, 6.45) is 1.73. The molecule has 1 aliphatic carbocycles. The average molecular weight is 526 g/mol. The van der Waals surface area contributed by atoms with E-state index < -0.39 is 11.4 Å². The smallest absolute Gasteiger partial charge is 0.336 e. The second kappa shape index (κ2) is 11.1. The zero-order chi connectivity index (χ0) is 26.7. The third-order valence-corrected chi connectivity index (χ3v) is 8.78. The van der Waals surface area contributed by atoms with E-state index in [0.717, 1.165) is 41.0 Å². The second-order valence-electron chi connectivity index (χ2n) is 10.2. The molecule has 0 saturated carbocycles. The van der Waals surface area contributed by atoms with Crippen molar-refractivity contribution in [3.63, 3.8) is 0 Å². The lowest BCUT2D eigenvalue weighted by Gasteiger charge is -2.38. The van der Waals surface area contributed by atoms with Gasteiger partial charge in [0, 0.05) is 10.6 Å². The van der Waals surface area contributed by atoms with E-state index in [-0.39, 0.29) is 17.3 Å². The van der Waals surface area contributed by atoms with Crippen molar-refractivity contribution < 1.29 is 14.3 Å². The molecule has 5 rings (SSSR count). The first-order valence-corrected chi connectivity index (χ1v) is 13.9. The van der Waals surface area contributed by atoms with Crippen LogP contribution in [0.1, 0.15) is 50.5 Å². The fraction of sp³-hybridized carbons (Fsp3) is 0.242. The Bertz CT molecular complexity index is 1440. The van der Waals surface area contributed by atoms with Gasteiger partial charge in [-0.3, -0.25) is 0 Å². The number of nitrogens with zero attached hydrogens (tertiary/aromatic N) is 1. The van der Waals surface area contributed by atoms with Crippen LogP contribution in [0.2, 0.25) is 0 Å². The number of halogens is 1. The maximum Gasteiger partial charge on any atom is 0.336 e. The van der Waals surface area contributed by atoms with Gasteiger partial charge in [-0.05, 0) is 97.5 Å².